The molecule has 5 fully saturated rings. The van der Waals surface area contributed by atoms with Crippen molar-refractivity contribution in [3.63, 3.8) is 0 Å². The third-order valence-corrected chi connectivity index (χ3v) is 8.84. The van der Waals surface area contributed by atoms with E-state index in [9.17, 15) is 4.79 Å². The van der Waals surface area contributed by atoms with Crippen LogP contribution in [0.2, 0.25) is 0 Å². The summed E-state index contributed by atoms with van der Waals surface area (Å²) < 4.78 is 5.12. The Balaban J connectivity index is 0.000000127. The van der Waals surface area contributed by atoms with E-state index in [-0.39, 0.29) is 11.9 Å². The molecule has 0 heterocycles. The van der Waals surface area contributed by atoms with Gasteiger partial charge >= 0.3 is 5.97 Å². The lowest BCUT2D eigenvalue weighted by atomic mass is 9.76. The monoisotopic (exact) mass is 332 g/mol. The number of ether oxygens (including phenoxy) is 1. The minimum Gasteiger partial charge on any atom is -0.466 e. The maximum Gasteiger partial charge on any atom is 0.309 e. The first-order valence-electron chi connectivity index (χ1n) is 10.8. The van der Waals surface area contributed by atoms with Crippen LogP contribution in [0.3, 0.4) is 0 Å². The Morgan fingerprint density at radius 3 is 2.04 bits per heavy atom. The summed E-state index contributed by atoms with van der Waals surface area (Å²) in [6, 6.07) is 0. The Labute approximate surface area is 148 Å². The molecule has 5 aliphatic rings. The summed E-state index contributed by atoms with van der Waals surface area (Å²) in [5.74, 6) is 7.98. The first-order valence-corrected chi connectivity index (χ1v) is 10.8. The quantitative estimate of drug-likeness (QED) is 0.641. The first kappa shape index (κ1) is 16.9. The topological polar surface area (TPSA) is 26.3 Å². The number of fused-ring (bicyclic) bond motifs is 7. The fraction of sp³-hybridized carbons (Fsp3) is 0.955. The third-order valence-electron chi connectivity index (χ3n) is 8.84. The molecule has 2 heteroatoms. The Hall–Kier alpha value is -0.530. The molecular weight excluding hydrogens is 296 g/mol. The number of hydrogen-bond donors (Lipinski definition) is 0. The summed E-state index contributed by atoms with van der Waals surface area (Å²) in [7, 11) is 0. The summed E-state index contributed by atoms with van der Waals surface area (Å²) >= 11 is 0. The molecule has 24 heavy (non-hydrogen) atoms. The maximum atomic E-state index is 11.7. The molecule has 2 nitrogen and oxygen atoms in total. The van der Waals surface area contributed by atoms with Crippen LogP contribution in [-0.2, 0) is 9.53 Å². The summed E-state index contributed by atoms with van der Waals surface area (Å²) in [5, 5.41) is 0. The smallest absolute Gasteiger partial charge is 0.309 e. The van der Waals surface area contributed by atoms with Gasteiger partial charge < -0.3 is 4.74 Å². The molecule has 9 atom stereocenters. The molecule has 0 amide bonds. The Morgan fingerprint density at radius 2 is 1.50 bits per heavy atom. The van der Waals surface area contributed by atoms with Crippen LogP contribution in [0, 0.1) is 53.3 Å². The van der Waals surface area contributed by atoms with Gasteiger partial charge in [-0.3, -0.25) is 4.79 Å². The summed E-state index contributed by atoms with van der Waals surface area (Å²) in [6.45, 7) is 7.03. The average molecular weight is 333 g/mol. The van der Waals surface area contributed by atoms with Crippen LogP contribution in [0.25, 0.3) is 0 Å². The molecule has 9 unspecified atom stereocenters. The molecule has 5 aliphatic carbocycles. The highest BCUT2D eigenvalue weighted by Gasteiger charge is 2.51. The summed E-state index contributed by atoms with van der Waals surface area (Å²) in [4.78, 5) is 11.7. The zero-order valence-corrected chi connectivity index (χ0v) is 15.9. The Bertz CT molecular complexity index is 455. The van der Waals surface area contributed by atoms with E-state index >= 15 is 0 Å². The van der Waals surface area contributed by atoms with Gasteiger partial charge in [-0.2, -0.15) is 0 Å². The van der Waals surface area contributed by atoms with Gasteiger partial charge in [0.25, 0.3) is 0 Å². The number of hydrogen-bond acceptors (Lipinski definition) is 2. The van der Waals surface area contributed by atoms with Crippen molar-refractivity contribution in [1.82, 2.24) is 0 Å². The first-order chi connectivity index (χ1) is 11.6. The van der Waals surface area contributed by atoms with Crippen molar-refractivity contribution in [2.45, 2.75) is 72.1 Å². The molecule has 0 aromatic heterocycles. The molecule has 0 aromatic rings. The molecule has 0 spiro atoms. The standard InChI is InChI=1S/C12H20O2.C10H16/c1-4-14-12(13)11-6-9-5-10(11)8(3)7(9)2;1-2-9-7-4-5-8(6-7)10(9)3-1/h7-11H,4-6H2,1-3H3;7-10H,1-6H2. The predicted octanol–water partition coefficient (Wildman–Crippen LogP) is 5.31. The molecular formula is C22H36O2. The van der Waals surface area contributed by atoms with Crippen molar-refractivity contribution in [3.05, 3.63) is 0 Å². The third kappa shape index (κ3) is 2.72. The number of esters is 1. The van der Waals surface area contributed by atoms with Gasteiger partial charge in [-0.1, -0.05) is 20.3 Å². The number of carbonyl (C=O) groups excluding carboxylic acids is 1. The predicted molar refractivity (Wildman–Crippen MR) is 96.3 cm³/mol. The molecule has 0 aromatic carbocycles. The largest absolute Gasteiger partial charge is 0.466 e. The van der Waals surface area contributed by atoms with E-state index in [1.165, 1.54) is 30.1 Å². The molecule has 0 radical (unpaired) electrons. The van der Waals surface area contributed by atoms with E-state index in [0.29, 0.717) is 18.4 Å². The van der Waals surface area contributed by atoms with Crippen LogP contribution in [0.15, 0.2) is 0 Å². The molecule has 0 N–H and O–H groups in total. The summed E-state index contributed by atoms with van der Waals surface area (Å²) in [5.41, 5.74) is 0. The van der Waals surface area contributed by atoms with E-state index in [1.54, 1.807) is 38.5 Å². The van der Waals surface area contributed by atoms with Crippen LogP contribution in [-0.4, -0.2) is 12.6 Å². The van der Waals surface area contributed by atoms with Gasteiger partial charge in [-0.15, -0.1) is 0 Å². The molecule has 4 bridgehead atoms. The zero-order chi connectivity index (χ0) is 16.8. The summed E-state index contributed by atoms with van der Waals surface area (Å²) in [6.07, 6.45) is 11.9. The second-order valence-corrected chi connectivity index (χ2v) is 9.56. The lowest BCUT2D eigenvalue weighted by molar-refractivity contribution is -0.150. The van der Waals surface area contributed by atoms with E-state index in [4.69, 9.17) is 4.74 Å². The van der Waals surface area contributed by atoms with Crippen LogP contribution < -0.4 is 0 Å². The van der Waals surface area contributed by atoms with E-state index in [0.717, 1.165) is 18.3 Å². The van der Waals surface area contributed by atoms with Crippen LogP contribution in [0.4, 0.5) is 0 Å². The van der Waals surface area contributed by atoms with Crippen molar-refractivity contribution < 1.29 is 9.53 Å². The van der Waals surface area contributed by atoms with Gasteiger partial charge in [0.1, 0.15) is 0 Å². The number of rotatable bonds is 2. The highest BCUT2D eigenvalue weighted by molar-refractivity contribution is 5.73. The van der Waals surface area contributed by atoms with Gasteiger partial charge in [0.05, 0.1) is 12.5 Å². The average Bonchev–Trinajstić information content (AvgIpc) is 3.36. The lowest BCUT2D eigenvalue weighted by Crippen LogP contribution is -2.30. The van der Waals surface area contributed by atoms with Crippen molar-refractivity contribution >= 4 is 5.97 Å². The molecule has 5 rings (SSSR count). The van der Waals surface area contributed by atoms with Gasteiger partial charge in [-0.25, -0.2) is 0 Å². The highest BCUT2D eigenvalue weighted by Crippen LogP contribution is 2.58. The maximum absolute atomic E-state index is 11.7. The number of carbonyl (C=O) groups is 1. The minimum atomic E-state index is 0.0544. The minimum absolute atomic E-state index is 0.0544. The van der Waals surface area contributed by atoms with Crippen LogP contribution in [0.5, 0.6) is 0 Å². The molecule has 136 valence electrons. The lowest BCUT2D eigenvalue weighted by Gasteiger charge is -2.30. The molecule has 0 aliphatic heterocycles. The van der Waals surface area contributed by atoms with Crippen LogP contribution in [0.1, 0.15) is 72.1 Å². The fourth-order valence-electron chi connectivity index (χ4n) is 7.48. The molecule has 0 saturated heterocycles. The Kier molecular flexibility index (Phi) is 4.69. The van der Waals surface area contributed by atoms with Gasteiger partial charge in [0, 0.05) is 0 Å². The van der Waals surface area contributed by atoms with Crippen molar-refractivity contribution in [2.75, 3.05) is 6.61 Å². The van der Waals surface area contributed by atoms with Crippen molar-refractivity contribution in [1.29, 1.82) is 0 Å². The van der Waals surface area contributed by atoms with E-state index < -0.39 is 0 Å². The second-order valence-electron chi connectivity index (χ2n) is 9.56. The zero-order valence-electron chi connectivity index (χ0n) is 15.9. The van der Waals surface area contributed by atoms with Gasteiger partial charge in [-0.05, 0) is 99.2 Å². The second kappa shape index (κ2) is 6.65. The van der Waals surface area contributed by atoms with E-state index in [1.807, 2.05) is 6.92 Å². The fourth-order valence-corrected chi connectivity index (χ4v) is 7.48. The normalized spacial score (nSPS) is 50.5. The van der Waals surface area contributed by atoms with Crippen LogP contribution >= 0.6 is 0 Å². The van der Waals surface area contributed by atoms with Gasteiger partial charge in [0.2, 0.25) is 0 Å². The van der Waals surface area contributed by atoms with Crippen molar-refractivity contribution in [2.24, 2.45) is 53.3 Å². The molecule has 5 saturated carbocycles. The SMILES string of the molecule is C1CC2C3CCC(C3)C2C1.CCOC(=O)C1CC2CC1C(C)C2C. The van der Waals surface area contributed by atoms with Crippen molar-refractivity contribution in [3.8, 4) is 0 Å². The highest BCUT2D eigenvalue weighted by atomic mass is 16.5. The van der Waals surface area contributed by atoms with Gasteiger partial charge in [0.15, 0.2) is 0 Å². The Morgan fingerprint density at radius 1 is 0.833 bits per heavy atom. The van der Waals surface area contributed by atoms with E-state index in [2.05, 4.69) is 13.8 Å².